The van der Waals surface area contributed by atoms with E-state index < -0.39 is 10.0 Å². The SMILES string of the molecule is CCCS(=O)(=O)N1CCC(NC(=NC)NCC2CCCN(C)C2)CC1. The standard InChI is InChI=1S/C17H35N5O2S/c1-4-12-25(23,24)22-10-7-16(8-11-22)20-17(18-2)19-13-15-6-5-9-21(3)14-15/h15-16H,4-14H2,1-3H3,(H2,18,19,20). The monoisotopic (exact) mass is 373 g/mol. The van der Waals surface area contributed by atoms with Crippen LogP contribution in [0.5, 0.6) is 0 Å². The third-order valence-corrected chi connectivity index (χ3v) is 7.23. The maximum atomic E-state index is 12.1. The highest BCUT2D eigenvalue weighted by Crippen LogP contribution is 2.16. The highest BCUT2D eigenvalue weighted by Gasteiger charge is 2.27. The zero-order valence-electron chi connectivity index (χ0n) is 16.0. The van der Waals surface area contributed by atoms with Gasteiger partial charge in [0.05, 0.1) is 5.75 Å². The Morgan fingerprint density at radius 2 is 1.92 bits per heavy atom. The lowest BCUT2D eigenvalue weighted by atomic mass is 9.98. The third kappa shape index (κ3) is 6.42. The molecule has 8 heteroatoms. The van der Waals surface area contributed by atoms with Crippen molar-refractivity contribution in [2.24, 2.45) is 10.9 Å². The minimum absolute atomic E-state index is 0.254. The molecule has 25 heavy (non-hydrogen) atoms. The van der Waals surface area contributed by atoms with Crippen molar-refractivity contribution in [2.75, 3.05) is 52.6 Å². The summed E-state index contributed by atoms with van der Waals surface area (Å²) in [6, 6.07) is 0.285. The first-order valence-corrected chi connectivity index (χ1v) is 11.2. The molecule has 0 radical (unpaired) electrons. The molecule has 146 valence electrons. The van der Waals surface area contributed by atoms with E-state index in [0.29, 0.717) is 25.4 Å². The number of piperidine rings is 2. The summed E-state index contributed by atoms with van der Waals surface area (Å²) < 4.78 is 25.9. The summed E-state index contributed by atoms with van der Waals surface area (Å²) in [6.45, 7) is 6.38. The summed E-state index contributed by atoms with van der Waals surface area (Å²) in [5.74, 6) is 1.76. The van der Waals surface area contributed by atoms with Crippen LogP contribution < -0.4 is 10.6 Å². The Balaban J connectivity index is 1.74. The molecule has 7 nitrogen and oxygen atoms in total. The van der Waals surface area contributed by atoms with E-state index in [0.717, 1.165) is 31.9 Å². The van der Waals surface area contributed by atoms with Gasteiger partial charge in [0.2, 0.25) is 10.0 Å². The Hall–Kier alpha value is -0.860. The average Bonchev–Trinajstić information content (AvgIpc) is 2.59. The van der Waals surface area contributed by atoms with Crippen LogP contribution in [-0.2, 0) is 10.0 Å². The molecule has 2 aliphatic heterocycles. The molecular formula is C17H35N5O2S. The van der Waals surface area contributed by atoms with Crippen LogP contribution in [0.15, 0.2) is 4.99 Å². The number of hydrogen-bond acceptors (Lipinski definition) is 4. The molecule has 0 saturated carbocycles. The summed E-state index contributed by atoms with van der Waals surface area (Å²) in [5.41, 5.74) is 0. The van der Waals surface area contributed by atoms with E-state index in [4.69, 9.17) is 0 Å². The van der Waals surface area contributed by atoms with Crippen LogP contribution in [0.1, 0.15) is 39.0 Å². The van der Waals surface area contributed by atoms with Gasteiger partial charge in [0, 0.05) is 39.3 Å². The first-order chi connectivity index (χ1) is 11.9. The maximum absolute atomic E-state index is 12.1. The van der Waals surface area contributed by atoms with Crippen LogP contribution in [0, 0.1) is 5.92 Å². The van der Waals surface area contributed by atoms with Gasteiger partial charge in [0.25, 0.3) is 0 Å². The molecule has 0 aromatic heterocycles. The number of aliphatic imine (C=N–C) groups is 1. The van der Waals surface area contributed by atoms with Crippen LogP contribution in [0.4, 0.5) is 0 Å². The van der Waals surface area contributed by atoms with Crippen molar-refractivity contribution >= 4 is 16.0 Å². The fraction of sp³-hybridized carbons (Fsp3) is 0.941. The second kappa shape index (κ2) is 9.73. The van der Waals surface area contributed by atoms with E-state index >= 15 is 0 Å². The van der Waals surface area contributed by atoms with E-state index in [1.807, 2.05) is 6.92 Å². The van der Waals surface area contributed by atoms with E-state index in [2.05, 4.69) is 27.6 Å². The van der Waals surface area contributed by atoms with Crippen molar-refractivity contribution in [1.82, 2.24) is 19.8 Å². The lowest BCUT2D eigenvalue weighted by Gasteiger charge is -2.33. The molecule has 0 aliphatic carbocycles. The molecule has 2 rings (SSSR count). The minimum atomic E-state index is -3.07. The van der Waals surface area contributed by atoms with Gasteiger partial charge in [-0.05, 0) is 51.6 Å². The molecule has 0 spiro atoms. The smallest absolute Gasteiger partial charge is 0.214 e. The molecule has 2 N–H and O–H groups in total. The van der Waals surface area contributed by atoms with Gasteiger partial charge in [-0.2, -0.15) is 0 Å². The van der Waals surface area contributed by atoms with Crippen LogP contribution >= 0.6 is 0 Å². The zero-order valence-corrected chi connectivity index (χ0v) is 16.8. The van der Waals surface area contributed by atoms with Crippen molar-refractivity contribution in [3.63, 3.8) is 0 Å². The van der Waals surface area contributed by atoms with Crippen LogP contribution in [0.25, 0.3) is 0 Å². The van der Waals surface area contributed by atoms with E-state index in [9.17, 15) is 8.42 Å². The zero-order chi connectivity index (χ0) is 18.3. The van der Waals surface area contributed by atoms with Crippen LogP contribution in [0.3, 0.4) is 0 Å². The van der Waals surface area contributed by atoms with Crippen molar-refractivity contribution in [2.45, 2.75) is 45.1 Å². The summed E-state index contributed by atoms with van der Waals surface area (Å²) >= 11 is 0. The van der Waals surface area contributed by atoms with Crippen molar-refractivity contribution in [3.05, 3.63) is 0 Å². The first kappa shape index (κ1) is 20.5. The summed E-state index contributed by atoms with van der Waals surface area (Å²) in [6.07, 6.45) is 4.86. The Bertz CT molecular complexity index is 529. The molecule has 0 amide bonds. The van der Waals surface area contributed by atoms with E-state index in [1.54, 1.807) is 11.4 Å². The molecule has 0 aromatic rings. The normalized spacial score (nSPS) is 25.1. The number of likely N-dealkylation sites (tertiary alicyclic amines) is 1. The lowest BCUT2D eigenvalue weighted by molar-refractivity contribution is 0.210. The van der Waals surface area contributed by atoms with E-state index in [1.165, 1.54) is 19.4 Å². The lowest BCUT2D eigenvalue weighted by Crippen LogP contribution is -2.51. The predicted octanol–water partition coefficient (Wildman–Crippen LogP) is 0.697. The molecule has 1 unspecified atom stereocenters. The molecule has 0 aromatic carbocycles. The predicted molar refractivity (Wildman–Crippen MR) is 103 cm³/mol. The van der Waals surface area contributed by atoms with Gasteiger partial charge in [-0.15, -0.1) is 0 Å². The fourth-order valence-electron chi connectivity index (χ4n) is 3.73. The summed E-state index contributed by atoms with van der Waals surface area (Å²) in [7, 11) is 0.909. The second-order valence-corrected chi connectivity index (χ2v) is 9.45. The van der Waals surface area contributed by atoms with Gasteiger partial charge in [-0.25, -0.2) is 12.7 Å². The van der Waals surface area contributed by atoms with Gasteiger partial charge in [-0.3, -0.25) is 4.99 Å². The minimum Gasteiger partial charge on any atom is -0.356 e. The molecular weight excluding hydrogens is 338 g/mol. The molecule has 1 atom stereocenters. The summed E-state index contributed by atoms with van der Waals surface area (Å²) in [5, 5.41) is 6.91. The number of nitrogens with zero attached hydrogens (tertiary/aromatic N) is 3. The Kier molecular flexibility index (Phi) is 7.96. The third-order valence-electron chi connectivity index (χ3n) is 5.15. The van der Waals surface area contributed by atoms with Gasteiger partial charge in [0.1, 0.15) is 0 Å². The Labute approximate surface area is 153 Å². The molecule has 0 bridgehead atoms. The molecule has 2 saturated heterocycles. The molecule has 2 heterocycles. The van der Waals surface area contributed by atoms with Crippen LogP contribution in [0.2, 0.25) is 0 Å². The van der Waals surface area contributed by atoms with Crippen molar-refractivity contribution in [1.29, 1.82) is 0 Å². The Morgan fingerprint density at radius 1 is 1.20 bits per heavy atom. The van der Waals surface area contributed by atoms with Gasteiger partial charge >= 0.3 is 0 Å². The highest BCUT2D eigenvalue weighted by molar-refractivity contribution is 7.89. The second-order valence-electron chi connectivity index (χ2n) is 7.36. The quantitative estimate of drug-likeness (QED) is 0.529. The first-order valence-electron chi connectivity index (χ1n) is 9.58. The van der Waals surface area contributed by atoms with Crippen molar-refractivity contribution < 1.29 is 8.42 Å². The number of hydrogen-bond donors (Lipinski definition) is 2. The van der Waals surface area contributed by atoms with Gasteiger partial charge in [0.15, 0.2) is 5.96 Å². The number of rotatable bonds is 6. The molecule has 2 aliphatic rings. The average molecular weight is 374 g/mol. The Morgan fingerprint density at radius 3 is 2.52 bits per heavy atom. The topological polar surface area (TPSA) is 77.0 Å². The largest absolute Gasteiger partial charge is 0.356 e. The highest BCUT2D eigenvalue weighted by atomic mass is 32.2. The number of guanidine groups is 1. The molecule has 2 fully saturated rings. The van der Waals surface area contributed by atoms with Crippen molar-refractivity contribution in [3.8, 4) is 0 Å². The van der Waals surface area contributed by atoms with Gasteiger partial charge in [-0.1, -0.05) is 6.92 Å². The van der Waals surface area contributed by atoms with E-state index in [-0.39, 0.29) is 11.8 Å². The summed E-state index contributed by atoms with van der Waals surface area (Å²) in [4.78, 5) is 6.72. The van der Waals surface area contributed by atoms with Crippen LogP contribution in [-0.4, -0.2) is 82.2 Å². The number of nitrogens with one attached hydrogen (secondary N) is 2. The number of sulfonamides is 1. The van der Waals surface area contributed by atoms with Gasteiger partial charge < -0.3 is 15.5 Å². The maximum Gasteiger partial charge on any atom is 0.214 e. The fourth-order valence-corrected chi connectivity index (χ4v) is 5.28.